The highest BCUT2D eigenvalue weighted by Crippen LogP contribution is 2.16. The van der Waals surface area contributed by atoms with Gasteiger partial charge < -0.3 is 24.8 Å². The highest BCUT2D eigenvalue weighted by molar-refractivity contribution is 5.97. The number of methoxy groups -OCH3 is 1. The Morgan fingerprint density at radius 1 is 1.22 bits per heavy atom. The molecule has 1 aliphatic rings. The number of aliphatic carboxylic acids is 1. The Balaban J connectivity index is 2.12. The molecule has 1 saturated heterocycles. The number of benzene rings is 1. The van der Waals surface area contributed by atoms with Crippen molar-refractivity contribution in [3.8, 4) is 5.75 Å². The van der Waals surface area contributed by atoms with Crippen LogP contribution < -0.4 is 10.1 Å². The van der Waals surface area contributed by atoms with E-state index in [0.29, 0.717) is 11.3 Å². The summed E-state index contributed by atoms with van der Waals surface area (Å²) >= 11 is 0. The van der Waals surface area contributed by atoms with Gasteiger partial charge in [0.1, 0.15) is 11.8 Å². The van der Waals surface area contributed by atoms with E-state index in [4.69, 9.17) is 9.47 Å². The smallest absolute Gasteiger partial charge is 0.334 e. The third-order valence-corrected chi connectivity index (χ3v) is 4.42. The average Bonchev–Trinajstić information content (AvgIpc) is 2.64. The number of carboxylic acids is 1. The van der Waals surface area contributed by atoms with E-state index in [0.717, 1.165) is 0 Å². The number of ether oxygens (including phenoxy) is 2. The summed E-state index contributed by atoms with van der Waals surface area (Å²) in [5.74, 6) is -1.33. The Bertz CT molecular complexity index is 688. The molecule has 1 fully saturated rings. The van der Waals surface area contributed by atoms with Crippen molar-refractivity contribution in [1.29, 1.82) is 0 Å². The van der Waals surface area contributed by atoms with Crippen LogP contribution in [0.25, 0.3) is 0 Å². The fourth-order valence-electron chi connectivity index (χ4n) is 2.95. The fraction of sp³-hybridized carbons (Fsp3) is 0.526. The molecule has 1 aromatic rings. The average molecular weight is 378 g/mol. The Kier molecular flexibility index (Phi) is 6.79. The molecule has 0 aromatic heterocycles. The molecule has 0 radical (unpaired) electrons. The van der Waals surface area contributed by atoms with E-state index in [1.165, 1.54) is 12.0 Å². The van der Waals surface area contributed by atoms with Gasteiger partial charge in [-0.15, -0.1) is 0 Å². The maximum atomic E-state index is 13.0. The van der Waals surface area contributed by atoms with Crippen molar-refractivity contribution in [2.75, 3.05) is 20.2 Å². The zero-order valence-corrected chi connectivity index (χ0v) is 16.0. The molecule has 27 heavy (non-hydrogen) atoms. The molecule has 0 saturated carbocycles. The summed E-state index contributed by atoms with van der Waals surface area (Å²) in [7, 11) is 1.54. The van der Waals surface area contributed by atoms with Crippen molar-refractivity contribution in [2.24, 2.45) is 5.92 Å². The Morgan fingerprint density at radius 2 is 1.85 bits per heavy atom. The predicted octanol–water partition coefficient (Wildman–Crippen LogP) is 1.15. The Morgan fingerprint density at radius 3 is 2.37 bits per heavy atom. The number of carboxylic acid groups (broad SMARTS) is 1. The number of hydrogen-bond donors (Lipinski definition) is 2. The molecular weight excluding hydrogens is 352 g/mol. The lowest BCUT2D eigenvalue weighted by Gasteiger charge is -2.37. The maximum Gasteiger partial charge on any atom is 0.334 e. The molecule has 1 aliphatic heterocycles. The molecule has 0 bridgehead atoms. The molecule has 1 aromatic carbocycles. The van der Waals surface area contributed by atoms with Crippen molar-refractivity contribution >= 4 is 17.8 Å². The minimum absolute atomic E-state index is 0.0415. The molecule has 2 amide bonds. The van der Waals surface area contributed by atoms with Crippen molar-refractivity contribution in [1.82, 2.24) is 10.2 Å². The van der Waals surface area contributed by atoms with E-state index in [9.17, 15) is 19.5 Å². The van der Waals surface area contributed by atoms with Gasteiger partial charge in [0.05, 0.1) is 19.8 Å². The van der Waals surface area contributed by atoms with E-state index in [1.807, 2.05) is 13.8 Å². The first-order valence-electron chi connectivity index (χ1n) is 8.85. The summed E-state index contributed by atoms with van der Waals surface area (Å²) in [5, 5.41) is 12.0. The first kappa shape index (κ1) is 20.7. The van der Waals surface area contributed by atoms with Crippen LogP contribution in [0.1, 0.15) is 31.1 Å². The van der Waals surface area contributed by atoms with Crippen LogP contribution in [-0.2, 0) is 14.3 Å². The molecule has 0 spiro atoms. The molecule has 2 rings (SSSR count). The molecule has 3 atom stereocenters. The number of amides is 2. The van der Waals surface area contributed by atoms with Gasteiger partial charge in [-0.25, -0.2) is 4.79 Å². The summed E-state index contributed by atoms with van der Waals surface area (Å²) in [4.78, 5) is 38.2. The third kappa shape index (κ3) is 5.19. The van der Waals surface area contributed by atoms with Gasteiger partial charge in [0.25, 0.3) is 5.91 Å². The zero-order valence-electron chi connectivity index (χ0n) is 16.0. The SMILES string of the molecule is COc1ccc(C(=O)NC(C(=O)N2CC(C(=O)O)O[C@H](C)C2)C(C)C)cc1. The highest BCUT2D eigenvalue weighted by Gasteiger charge is 2.36. The molecule has 8 nitrogen and oxygen atoms in total. The molecule has 148 valence electrons. The van der Waals surface area contributed by atoms with E-state index in [-0.39, 0.29) is 30.8 Å². The quantitative estimate of drug-likeness (QED) is 0.769. The van der Waals surface area contributed by atoms with E-state index >= 15 is 0 Å². The maximum absolute atomic E-state index is 13.0. The lowest BCUT2D eigenvalue weighted by atomic mass is 10.0. The minimum Gasteiger partial charge on any atom is -0.497 e. The van der Waals surface area contributed by atoms with Crippen LogP contribution in [0.4, 0.5) is 0 Å². The minimum atomic E-state index is -1.11. The molecule has 1 heterocycles. The molecule has 8 heteroatoms. The number of morpholine rings is 1. The van der Waals surface area contributed by atoms with Crippen molar-refractivity contribution in [2.45, 2.75) is 39.0 Å². The van der Waals surface area contributed by atoms with Gasteiger partial charge in [-0.05, 0) is 37.1 Å². The largest absolute Gasteiger partial charge is 0.497 e. The second-order valence-electron chi connectivity index (χ2n) is 6.94. The van der Waals surface area contributed by atoms with E-state index in [2.05, 4.69) is 5.32 Å². The van der Waals surface area contributed by atoms with Crippen LogP contribution in [-0.4, -0.2) is 66.2 Å². The topological polar surface area (TPSA) is 105 Å². The summed E-state index contributed by atoms with van der Waals surface area (Å²) < 4.78 is 10.4. The lowest BCUT2D eigenvalue weighted by molar-refractivity contribution is -0.167. The summed E-state index contributed by atoms with van der Waals surface area (Å²) in [6.45, 7) is 5.62. The van der Waals surface area contributed by atoms with Crippen molar-refractivity contribution in [3.63, 3.8) is 0 Å². The van der Waals surface area contributed by atoms with Gasteiger partial charge in [-0.3, -0.25) is 9.59 Å². The zero-order chi connectivity index (χ0) is 20.1. The van der Waals surface area contributed by atoms with Crippen molar-refractivity contribution in [3.05, 3.63) is 29.8 Å². The Hall–Kier alpha value is -2.61. The van der Waals surface area contributed by atoms with Crippen LogP contribution in [0.15, 0.2) is 24.3 Å². The lowest BCUT2D eigenvalue weighted by Crippen LogP contribution is -2.58. The third-order valence-electron chi connectivity index (χ3n) is 4.42. The number of hydrogen-bond acceptors (Lipinski definition) is 5. The molecule has 2 N–H and O–H groups in total. The van der Waals surface area contributed by atoms with Gasteiger partial charge >= 0.3 is 5.97 Å². The number of nitrogens with one attached hydrogen (secondary N) is 1. The van der Waals surface area contributed by atoms with Gasteiger partial charge in [0, 0.05) is 12.1 Å². The van der Waals surface area contributed by atoms with Crippen LogP contribution in [0, 0.1) is 5.92 Å². The monoisotopic (exact) mass is 378 g/mol. The molecular formula is C19H26N2O6. The van der Waals surface area contributed by atoms with Crippen LogP contribution in [0.3, 0.4) is 0 Å². The predicted molar refractivity (Wildman–Crippen MR) is 97.6 cm³/mol. The van der Waals surface area contributed by atoms with Gasteiger partial charge in [0.2, 0.25) is 5.91 Å². The molecule has 2 unspecified atom stereocenters. The number of nitrogens with zero attached hydrogens (tertiary/aromatic N) is 1. The molecule has 0 aliphatic carbocycles. The summed E-state index contributed by atoms with van der Waals surface area (Å²) in [6.07, 6.45) is -1.46. The van der Waals surface area contributed by atoms with Crippen LogP contribution in [0.2, 0.25) is 0 Å². The van der Waals surface area contributed by atoms with E-state index < -0.39 is 24.2 Å². The van der Waals surface area contributed by atoms with Gasteiger partial charge in [0.15, 0.2) is 6.10 Å². The van der Waals surface area contributed by atoms with E-state index in [1.54, 1.807) is 31.2 Å². The first-order chi connectivity index (χ1) is 12.7. The van der Waals surface area contributed by atoms with Gasteiger partial charge in [-0.1, -0.05) is 13.8 Å². The fourth-order valence-corrected chi connectivity index (χ4v) is 2.95. The van der Waals surface area contributed by atoms with Crippen LogP contribution >= 0.6 is 0 Å². The second-order valence-corrected chi connectivity index (χ2v) is 6.94. The summed E-state index contributed by atoms with van der Waals surface area (Å²) in [6, 6.07) is 5.81. The second kappa shape index (κ2) is 8.85. The number of carbonyl (C=O) groups excluding carboxylic acids is 2. The summed E-state index contributed by atoms with van der Waals surface area (Å²) in [5.41, 5.74) is 0.410. The van der Waals surface area contributed by atoms with Gasteiger partial charge in [-0.2, -0.15) is 0 Å². The standard InChI is InChI=1S/C19H26N2O6/c1-11(2)16(20-17(22)13-5-7-14(26-4)8-6-13)18(23)21-9-12(3)27-15(10-21)19(24)25/h5-8,11-12,15-16H,9-10H2,1-4H3,(H,20,22)(H,24,25)/t12-,15?,16?/m1/s1. The number of carbonyl (C=O) groups is 3. The van der Waals surface area contributed by atoms with Crippen molar-refractivity contribution < 1.29 is 29.0 Å². The Labute approximate surface area is 158 Å². The normalized spacial score (nSPS) is 20.9. The highest BCUT2D eigenvalue weighted by atomic mass is 16.5. The first-order valence-corrected chi connectivity index (χ1v) is 8.85. The number of rotatable bonds is 6. The van der Waals surface area contributed by atoms with Crippen LogP contribution in [0.5, 0.6) is 5.75 Å².